The van der Waals surface area contributed by atoms with Gasteiger partial charge in [0, 0.05) is 23.8 Å². The van der Waals surface area contributed by atoms with E-state index in [1.165, 1.54) is 11.3 Å². The van der Waals surface area contributed by atoms with E-state index in [1.54, 1.807) is 22.8 Å². The first kappa shape index (κ1) is 11.7. The zero-order valence-corrected chi connectivity index (χ0v) is 10.6. The molecule has 1 aromatic rings. The Kier molecular flexibility index (Phi) is 4.54. The second-order valence-corrected chi connectivity index (χ2v) is 5.45. The predicted octanol–water partition coefficient (Wildman–Crippen LogP) is 2.39. The number of hydrogen-bond acceptors (Lipinski definition) is 3. The topological polar surface area (TPSA) is 33.2 Å². The monoisotopic (exact) mass is 276 g/mol. The largest absolute Gasteiger partial charge is 0.340 e. The molecule has 0 bridgehead atoms. The maximum Gasteiger partial charge on any atom is 0.273 e. The van der Waals surface area contributed by atoms with Crippen molar-refractivity contribution in [3.05, 3.63) is 16.6 Å². The van der Waals surface area contributed by atoms with Gasteiger partial charge < -0.3 is 4.90 Å². The highest BCUT2D eigenvalue weighted by Gasteiger charge is 2.13. The minimum absolute atomic E-state index is 0.000556. The Balaban J connectivity index is 2.45. The molecule has 1 atom stereocenters. The molecule has 0 N–H and O–H groups in total. The van der Waals surface area contributed by atoms with Crippen LogP contribution in [0.1, 0.15) is 23.8 Å². The van der Waals surface area contributed by atoms with Crippen LogP contribution in [0.25, 0.3) is 0 Å². The Labute approximate surface area is 96.3 Å². The number of thiazole rings is 1. The highest BCUT2D eigenvalue weighted by Crippen LogP contribution is 2.07. The van der Waals surface area contributed by atoms with Crippen molar-refractivity contribution in [2.45, 2.75) is 18.2 Å². The molecule has 14 heavy (non-hydrogen) atoms. The number of alkyl halides is 1. The van der Waals surface area contributed by atoms with Crippen molar-refractivity contribution in [3.63, 3.8) is 0 Å². The van der Waals surface area contributed by atoms with Gasteiger partial charge in [0.2, 0.25) is 0 Å². The van der Waals surface area contributed by atoms with E-state index in [2.05, 4.69) is 27.8 Å². The summed E-state index contributed by atoms with van der Waals surface area (Å²) in [7, 11) is 1.80. The second-order valence-electron chi connectivity index (χ2n) is 3.17. The number of carbonyl (C=O) groups is 1. The summed E-state index contributed by atoms with van der Waals surface area (Å²) in [5, 5.41) is 1.77. The molecule has 0 spiro atoms. The first-order valence-electron chi connectivity index (χ1n) is 4.39. The summed E-state index contributed by atoms with van der Waals surface area (Å²) >= 11 is 4.89. The second kappa shape index (κ2) is 5.46. The third kappa shape index (κ3) is 3.38. The van der Waals surface area contributed by atoms with Crippen molar-refractivity contribution in [1.29, 1.82) is 0 Å². The standard InChI is InChI=1S/C9H13BrN2OS/c1-7(10)3-4-12(2)9(13)8-5-14-6-11-8/h5-7H,3-4H2,1-2H3. The fourth-order valence-electron chi connectivity index (χ4n) is 0.987. The fraction of sp³-hybridized carbons (Fsp3) is 0.556. The molecule has 78 valence electrons. The summed E-state index contributed by atoms with van der Waals surface area (Å²) in [5.41, 5.74) is 2.22. The first-order chi connectivity index (χ1) is 6.61. The molecule has 1 amide bonds. The van der Waals surface area contributed by atoms with Crippen molar-refractivity contribution in [2.75, 3.05) is 13.6 Å². The molecule has 0 aliphatic heterocycles. The van der Waals surface area contributed by atoms with Crippen LogP contribution < -0.4 is 0 Å². The van der Waals surface area contributed by atoms with E-state index >= 15 is 0 Å². The maximum absolute atomic E-state index is 11.7. The molecule has 0 fully saturated rings. The SMILES string of the molecule is CC(Br)CCN(C)C(=O)c1cscn1. The van der Waals surface area contributed by atoms with Crippen LogP contribution in [0.15, 0.2) is 10.9 Å². The van der Waals surface area contributed by atoms with Crippen LogP contribution >= 0.6 is 27.3 Å². The van der Waals surface area contributed by atoms with Gasteiger partial charge in [0.25, 0.3) is 5.91 Å². The molecule has 5 heteroatoms. The van der Waals surface area contributed by atoms with E-state index in [4.69, 9.17) is 0 Å². The maximum atomic E-state index is 11.7. The molecule has 0 radical (unpaired) electrons. The number of aromatic nitrogens is 1. The first-order valence-corrected chi connectivity index (χ1v) is 6.25. The summed E-state index contributed by atoms with van der Waals surface area (Å²) in [5.74, 6) is -0.000556. The molecule has 3 nitrogen and oxygen atoms in total. The summed E-state index contributed by atoms with van der Waals surface area (Å²) in [6.45, 7) is 2.82. The van der Waals surface area contributed by atoms with Crippen molar-refractivity contribution in [2.24, 2.45) is 0 Å². The third-order valence-corrected chi connectivity index (χ3v) is 2.90. The molecule has 0 aliphatic carbocycles. The van der Waals surface area contributed by atoms with Gasteiger partial charge in [0.05, 0.1) is 5.51 Å². The number of carbonyl (C=O) groups excluding carboxylic acids is 1. The molecule has 1 heterocycles. The highest BCUT2D eigenvalue weighted by molar-refractivity contribution is 9.09. The van der Waals surface area contributed by atoms with Crippen molar-refractivity contribution in [1.82, 2.24) is 9.88 Å². The zero-order chi connectivity index (χ0) is 10.6. The van der Waals surface area contributed by atoms with Gasteiger partial charge in [-0.05, 0) is 6.42 Å². The Bertz CT molecular complexity index is 287. The van der Waals surface area contributed by atoms with Gasteiger partial charge in [0.1, 0.15) is 5.69 Å². The van der Waals surface area contributed by atoms with Gasteiger partial charge >= 0.3 is 0 Å². The van der Waals surface area contributed by atoms with E-state index in [-0.39, 0.29) is 5.91 Å². The lowest BCUT2D eigenvalue weighted by molar-refractivity contribution is 0.0789. The number of hydrogen-bond donors (Lipinski definition) is 0. The number of nitrogens with zero attached hydrogens (tertiary/aromatic N) is 2. The summed E-state index contributed by atoms with van der Waals surface area (Å²) < 4.78 is 0. The molecule has 0 aromatic carbocycles. The molecule has 1 aromatic heterocycles. The average Bonchev–Trinajstić information content (AvgIpc) is 2.65. The van der Waals surface area contributed by atoms with E-state index in [0.717, 1.165) is 13.0 Å². The Hall–Kier alpha value is -0.420. The van der Waals surface area contributed by atoms with Crippen molar-refractivity contribution >= 4 is 33.2 Å². The van der Waals surface area contributed by atoms with Crippen LogP contribution in [0.4, 0.5) is 0 Å². The quantitative estimate of drug-likeness (QED) is 0.792. The van der Waals surface area contributed by atoms with Crippen molar-refractivity contribution < 1.29 is 4.79 Å². The van der Waals surface area contributed by atoms with Gasteiger partial charge in [-0.15, -0.1) is 11.3 Å². The normalized spacial score (nSPS) is 12.5. The van der Waals surface area contributed by atoms with Gasteiger partial charge in [-0.25, -0.2) is 4.98 Å². The molecule has 0 saturated carbocycles. The molecule has 1 unspecified atom stereocenters. The average molecular weight is 277 g/mol. The molecule has 1 rings (SSSR count). The van der Waals surface area contributed by atoms with Crippen molar-refractivity contribution in [3.8, 4) is 0 Å². The van der Waals surface area contributed by atoms with Crippen LogP contribution in [0, 0.1) is 0 Å². The van der Waals surface area contributed by atoms with E-state index in [1.807, 2.05) is 0 Å². The number of rotatable bonds is 4. The Morgan fingerprint density at radius 3 is 3.00 bits per heavy atom. The fourth-order valence-corrected chi connectivity index (χ4v) is 1.72. The predicted molar refractivity (Wildman–Crippen MR) is 62.1 cm³/mol. The van der Waals surface area contributed by atoms with Gasteiger partial charge in [-0.2, -0.15) is 0 Å². The summed E-state index contributed by atoms with van der Waals surface area (Å²) in [6, 6.07) is 0. The van der Waals surface area contributed by atoms with Gasteiger partial charge in [-0.1, -0.05) is 22.9 Å². The van der Waals surface area contributed by atoms with Crippen LogP contribution in [0.3, 0.4) is 0 Å². The Morgan fingerprint density at radius 1 is 1.79 bits per heavy atom. The summed E-state index contributed by atoms with van der Waals surface area (Å²) in [6.07, 6.45) is 0.951. The van der Waals surface area contributed by atoms with Gasteiger partial charge in [0.15, 0.2) is 0 Å². The minimum atomic E-state index is -0.000556. The van der Waals surface area contributed by atoms with Crippen LogP contribution in [-0.4, -0.2) is 34.2 Å². The number of amides is 1. The smallest absolute Gasteiger partial charge is 0.273 e. The molecular formula is C9H13BrN2OS. The lowest BCUT2D eigenvalue weighted by Gasteiger charge is -2.16. The molecule has 0 aliphatic rings. The number of halogens is 1. The zero-order valence-electron chi connectivity index (χ0n) is 8.24. The summed E-state index contributed by atoms with van der Waals surface area (Å²) in [4.78, 5) is 17.8. The van der Waals surface area contributed by atoms with Crippen LogP contribution in [0.2, 0.25) is 0 Å². The third-order valence-electron chi connectivity index (χ3n) is 1.86. The van der Waals surface area contributed by atoms with E-state index in [0.29, 0.717) is 10.5 Å². The lowest BCUT2D eigenvalue weighted by atomic mass is 10.3. The molecule has 0 saturated heterocycles. The minimum Gasteiger partial charge on any atom is -0.340 e. The van der Waals surface area contributed by atoms with E-state index < -0.39 is 0 Å². The molecular weight excluding hydrogens is 264 g/mol. The van der Waals surface area contributed by atoms with E-state index in [9.17, 15) is 4.79 Å². The highest BCUT2D eigenvalue weighted by atomic mass is 79.9. The lowest BCUT2D eigenvalue weighted by Crippen LogP contribution is -2.28. The van der Waals surface area contributed by atoms with Crippen LogP contribution in [-0.2, 0) is 0 Å². The van der Waals surface area contributed by atoms with Gasteiger partial charge in [-0.3, -0.25) is 4.79 Å². The van der Waals surface area contributed by atoms with Crippen LogP contribution in [0.5, 0.6) is 0 Å². The Morgan fingerprint density at radius 2 is 2.50 bits per heavy atom.